The fourth-order valence-electron chi connectivity index (χ4n) is 3.08. The quantitative estimate of drug-likeness (QED) is 0.477. The van der Waals surface area contributed by atoms with Crippen LogP contribution in [0.2, 0.25) is 0 Å². The minimum Gasteiger partial charge on any atom is -0.480 e. The number of rotatable bonds is 5. The third-order valence-corrected chi connectivity index (χ3v) is 5.81. The molecular weight excluding hydrogens is 432 g/mol. The molecule has 30 heavy (non-hydrogen) atoms. The molecule has 6 nitrogen and oxygen atoms in total. The first-order valence-electron chi connectivity index (χ1n) is 8.70. The number of benzene rings is 2. The van der Waals surface area contributed by atoms with Gasteiger partial charge in [0.25, 0.3) is 5.91 Å². The summed E-state index contributed by atoms with van der Waals surface area (Å²) in [4.78, 5) is 29.3. The van der Waals surface area contributed by atoms with E-state index < -0.39 is 30.1 Å². The van der Waals surface area contributed by atoms with Crippen LogP contribution in [0.3, 0.4) is 0 Å². The highest BCUT2D eigenvalue weighted by molar-refractivity contribution is 8.26. The number of thiocarbonyl (C=S) groups is 1. The largest absolute Gasteiger partial charge is 0.480 e. The Morgan fingerprint density at radius 2 is 1.97 bits per heavy atom. The van der Waals surface area contributed by atoms with E-state index in [2.05, 4.69) is 4.98 Å². The van der Waals surface area contributed by atoms with Crippen molar-refractivity contribution in [2.24, 2.45) is 0 Å². The van der Waals surface area contributed by atoms with Crippen molar-refractivity contribution in [3.63, 3.8) is 0 Å². The Labute approximate surface area is 178 Å². The van der Waals surface area contributed by atoms with Crippen molar-refractivity contribution in [3.8, 4) is 0 Å². The van der Waals surface area contributed by atoms with Gasteiger partial charge < -0.3 is 9.67 Å². The van der Waals surface area contributed by atoms with Gasteiger partial charge in [-0.25, -0.2) is 13.8 Å². The third kappa shape index (κ3) is 3.83. The molecule has 2 heterocycles. The molecule has 0 spiro atoms. The molecule has 0 bridgehead atoms. The van der Waals surface area contributed by atoms with Crippen LogP contribution in [0.5, 0.6) is 0 Å². The average molecular weight is 445 g/mol. The van der Waals surface area contributed by atoms with Gasteiger partial charge in [0.1, 0.15) is 16.7 Å². The third-order valence-electron chi connectivity index (χ3n) is 4.44. The van der Waals surface area contributed by atoms with Crippen LogP contribution in [0.4, 0.5) is 8.78 Å². The zero-order valence-corrected chi connectivity index (χ0v) is 16.8. The van der Waals surface area contributed by atoms with E-state index in [1.54, 1.807) is 10.6 Å². The second-order valence-electron chi connectivity index (χ2n) is 6.45. The molecule has 1 N–H and O–H groups in total. The number of carbonyl (C=O) groups excluding carboxylic acids is 1. The maximum Gasteiger partial charge on any atom is 0.323 e. The molecule has 0 atom stereocenters. The Bertz CT molecular complexity index is 1240. The van der Waals surface area contributed by atoms with E-state index in [-0.39, 0.29) is 15.8 Å². The summed E-state index contributed by atoms with van der Waals surface area (Å²) in [7, 11) is 0. The normalized spacial score (nSPS) is 15.5. The lowest BCUT2D eigenvalue weighted by molar-refractivity contribution is -0.140. The van der Waals surface area contributed by atoms with Gasteiger partial charge in [0.05, 0.1) is 15.9 Å². The van der Waals surface area contributed by atoms with E-state index in [0.717, 1.165) is 34.3 Å². The lowest BCUT2D eigenvalue weighted by Crippen LogP contribution is -2.33. The summed E-state index contributed by atoms with van der Waals surface area (Å²) in [6.45, 7) is -0.327. The average Bonchev–Trinajstić information content (AvgIpc) is 3.17. The standard InChI is InChI=1S/C20H13F2N3O3S2/c21-12-6-5-11(7-13(12)22)9-24-15-4-2-1-3-14(15)23-17(24)8-16-19(28)25(10-18(26)27)20(29)30-16/h1-8H,9-10H2,(H,26,27)/b16-8-. The monoisotopic (exact) mass is 445 g/mol. The number of halogens is 2. The Morgan fingerprint density at radius 3 is 2.70 bits per heavy atom. The van der Waals surface area contributed by atoms with E-state index in [0.29, 0.717) is 16.9 Å². The first-order chi connectivity index (χ1) is 14.3. The number of carboxylic acid groups (broad SMARTS) is 1. The smallest absolute Gasteiger partial charge is 0.323 e. The number of amides is 1. The number of fused-ring (bicyclic) bond motifs is 1. The number of imidazole rings is 1. The zero-order chi connectivity index (χ0) is 21.4. The summed E-state index contributed by atoms with van der Waals surface area (Å²) in [5.74, 6) is -3.15. The van der Waals surface area contributed by atoms with Crippen molar-refractivity contribution in [2.45, 2.75) is 6.54 Å². The number of aromatic nitrogens is 2. The summed E-state index contributed by atoms with van der Waals surface area (Å²) < 4.78 is 28.9. The predicted octanol–water partition coefficient (Wildman–Crippen LogP) is 3.65. The summed E-state index contributed by atoms with van der Waals surface area (Å²) in [6.07, 6.45) is 1.53. The second-order valence-corrected chi connectivity index (χ2v) is 8.13. The van der Waals surface area contributed by atoms with Crippen LogP contribution < -0.4 is 0 Å². The number of carboxylic acids is 1. The van der Waals surface area contributed by atoms with Crippen molar-refractivity contribution in [2.75, 3.05) is 6.54 Å². The fourth-order valence-corrected chi connectivity index (χ4v) is 4.30. The van der Waals surface area contributed by atoms with Gasteiger partial charge in [-0.1, -0.05) is 42.2 Å². The summed E-state index contributed by atoms with van der Waals surface area (Å²) in [5, 5.41) is 8.97. The van der Waals surface area contributed by atoms with Gasteiger partial charge in [0.2, 0.25) is 0 Å². The van der Waals surface area contributed by atoms with Gasteiger partial charge >= 0.3 is 5.97 Å². The van der Waals surface area contributed by atoms with Crippen molar-refractivity contribution >= 4 is 57.3 Å². The molecule has 0 saturated carbocycles. The molecular formula is C20H13F2N3O3S2. The van der Waals surface area contributed by atoms with E-state index in [4.69, 9.17) is 17.3 Å². The number of hydrogen-bond acceptors (Lipinski definition) is 5. The van der Waals surface area contributed by atoms with E-state index in [9.17, 15) is 18.4 Å². The van der Waals surface area contributed by atoms with Crippen LogP contribution in [-0.4, -0.2) is 42.3 Å². The number of carbonyl (C=O) groups is 2. The van der Waals surface area contributed by atoms with Gasteiger partial charge in [-0.15, -0.1) is 0 Å². The van der Waals surface area contributed by atoms with Crippen LogP contribution in [0.15, 0.2) is 47.4 Å². The van der Waals surface area contributed by atoms with Crippen LogP contribution in [-0.2, 0) is 16.1 Å². The van der Waals surface area contributed by atoms with Crippen molar-refractivity contribution in [1.29, 1.82) is 0 Å². The molecule has 3 aromatic rings. The minimum absolute atomic E-state index is 0.150. The van der Waals surface area contributed by atoms with Crippen molar-refractivity contribution < 1.29 is 23.5 Å². The highest BCUT2D eigenvalue weighted by atomic mass is 32.2. The molecule has 1 fully saturated rings. The molecule has 1 saturated heterocycles. The molecule has 4 rings (SSSR count). The maximum atomic E-state index is 13.7. The van der Waals surface area contributed by atoms with Crippen LogP contribution in [0, 0.1) is 11.6 Å². The van der Waals surface area contributed by atoms with Crippen LogP contribution in [0.1, 0.15) is 11.4 Å². The highest BCUT2D eigenvalue weighted by Gasteiger charge is 2.33. The van der Waals surface area contributed by atoms with Crippen LogP contribution in [0.25, 0.3) is 17.1 Å². The number of thioether (sulfide) groups is 1. The number of para-hydroxylation sites is 2. The molecule has 0 unspecified atom stereocenters. The van der Waals surface area contributed by atoms with Crippen molar-refractivity contribution in [1.82, 2.24) is 14.5 Å². The molecule has 0 radical (unpaired) electrons. The molecule has 1 amide bonds. The topological polar surface area (TPSA) is 75.4 Å². The predicted molar refractivity (Wildman–Crippen MR) is 113 cm³/mol. The first-order valence-corrected chi connectivity index (χ1v) is 9.92. The summed E-state index contributed by atoms with van der Waals surface area (Å²) >= 11 is 6.11. The van der Waals surface area contributed by atoms with E-state index >= 15 is 0 Å². The molecule has 0 aliphatic carbocycles. The molecule has 1 aliphatic rings. The Morgan fingerprint density at radius 1 is 1.20 bits per heavy atom. The van der Waals surface area contributed by atoms with Gasteiger partial charge in [-0.05, 0) is 29.8 Å². The first kappa shape index (κ1) is 20.2. The lowest BCUT2D eigenvalue weighted by atomic mass is 10.2. The molecule has 1 aliphatic heterocycles. The number of nitrogens with zero attached hydrogens (tertiary/aromatic N) is 3. The number of aliphatic carboxylic acids is 1. The van der Waals surface area contributed by atoms with Crippen molar-refractivity contribution in [3.05, 3.63) is 70.4 Å². The zero-order valence-electron chi connectivity index (χ0n) is 15.2. The van der Waals surface area contributed by atoms with Gasteiger partial charge in [-0.3, -0.25) is 14.5 Å². The fraction of sp³-hybridized carbons (Fsp3) is 0.100. The SMILES string of the molecule is O=C(O)CN1C(=O)/C(=C/c2nc3ccccc3n2Cc2ccc(F)c(F)c2)SC1=S. The summed E-state index contributed by atoms with van der Waals surface area (Å²) in [6, 6.07) is 10.9. The Kier molecular flexibility index (Phi) is 5.35. The second kappa shape index (κ2) is 7.96. The van der Waals surface area contributed by atoms with Gasteiger partial charge in [0.15, 0.2) is 11.6 Å². The van der Waals surface area contributed by atoms with Gasteiger partial charge in [0, 0.05) is 12.6 Å². The lowest BCUT2D eigenvalue weighted by Gasteiger charge is -2.10. The molecule has 2 aromatic carbocycles. The molecule has 1 aromatic heterocycles. The molecule has 10 heteroatoms. The minimum atomic E-state index is -1.17. The Balaban J connectivity index is 1.76. The van der Waals surface area contributed by atoms with E-state index in [1.807, 2.05) is 18.2 Å². The highest BCUT2D eigenvalue weighted by Crippen LogP contribution is 2.33. The van der Waals surface area contributed by atoms with E-state index in [1.165, 1.54) is 12.1 Å². The Hall–Kier alpha value is -3.11. The summed E-state index contributed by atoms with van der Waals surface area (Å²) in [5.41, 5.74) is 1.92. The number of hydrogen-bond donors (Lipinski definition) is 1. The van der Waals surface area contributed by atoms with Crippen LogP contribution >= 0.6 is 24.0 Å². The molecule has 152 valence electrons. The maximum absolute atomic E-state index is 13.7. The van der Waals surface area contributed by atoms with Gasteiger partial charge in [-0.2, -0.15) is 0 Å².